The van der Waals surface area contributed by atoms with E-state index in [0.717, 1.165) is 15.9 Å². The zero-order valence-electron chi connectivity index (χ0n) is 12.8. The normalized spacial score (nSPS) is 10.8. The maximum atomic E-state index is 12.9. The second kappa shape index (κ2) is 6.62. The van der Waals surface area contributed by atoms with E-state index in [1.807, 2.05) is 6.92 Å². The third kappa shape index (κ3) is 3.24. The van der Waals surface area contributed by atoms with Gasteiger partial charge in [-0.05, 0) is 36.8 Å². The Balaban J connectivity index is 2.68. The van der Waals surface area contributed by atoms with Crippen molar-refractivity contribution in [2.45, 2.75) is 11.8 Å². The standard InChI is InChI=1S/C18H17NO3S/c1-4-15-8-6-7-9-17(15)19(18(20)5-2)23(21,22)16-12-10-14(3)11-13-16/h4-13H,1-2H2,3H3. The van der Waals surface area contributed by atoms with Gasteiger partial charge in [-0.1, -0.05) is 55.1 Å². The molecule has 118 valence electrons. The number of sulfonamides is 1. The Morgan fingerprint density at radius 3 is 2.22 bits per heavy atom. The van der Waals surface area contributed by atoms with E-state index in [4.69, 9.17) is 0 Å². The molecule has 2 aromatic rings. The average Bonchev–Trinajstić information content (AvgIpc) is 2.55. The number of amides is 1. The van der Waals surface area contributed by atoms with Crippen LogP contribution in [0.5, 0.6) is 0 Å². The highest BCUT2D eigenvalue weighted by molar-refractivity contribution is 7.93. The predicted octanol–water partition coefficient (Wildman–Crippen LogP) is 3.55. The second-order valence-electron chi connectivity index (χ2n) is 4.89. The van der Waals surface area contributed by atoms with E-state index in [2.05, 4.69) is 13.2 Å². The molecule has 0 fully saturated rings. The van der Waals surface area contributed by atoms with E-state index in [-0.39, 0.29) is 10.6 Å². The average molecular weight is 327 g/mol. The van der Waals surface area contributed by atoms with Crippen molar-refractivity contribution < 1.29 is 13.2 Å². The first kappa shape index (κ1) is 16.7. The van der Waals surface area contributed by atoms with Gasteiger partial charge in [0.2, 0.25) is 0 Å². The van der Waals surface area contributed by atoms with Crippen molar-refractivity contribution in [3.05, 3.63) is 78.9 Å². The number of hydrogen-bond acceptors (Lipinski definition) is 3. The van der Waals surface area contributed by atoms with Crippen molar-refractivity contribution in [3.63, 3.8) is 0 Å². The number of anilines is 1. The fourth-order valence-corrected chi connectivity index (χ4v) is 3.54. The molecular weight excluding hydrogens is 310 g/mol. The third-order valence-corrected chi connectivity index (χ3v) is 5.03. The second-order valence-corrected chi connectivity index (χ2v) is 6.67. The summed E-state index contributed by atoms with van der Waals surface area (Å²) in [6.45, 7) is 8.93. The molecule has 2 rings (SSSR count). The van der Waals surface area contributed by atoms with E-state index in [9.17, 15) is 13.2 Å². The van der Waals surface area contributed by atoms with Crippen LogP contribution >= 0.6 is 0 Å². The monoisotopic (exact) mass is 327 g/mol. The summed E-state index contributed by atoms with van der Waals surface area (Å²) in [5.41, 5.74) is 1.71. The first-order chi connectivity index (χ1) is 10.9. The van der Waals surface area contributed by atoms with Crippen molar-refractivity contribution in [2.24, 2.45) is 0 Å². The molecule has 0 aliphatic carbocycles. The van der Waals surface area contributed by atoms with Gasteiger partial charge in [0.05, 0.1) is 10.6 Å². The molecule has 0 atom stereocenters. The Kier molecular flexibility index (Phi) is 4.81. The van der Waals surface area contributed by atoms with Crippen molar-refractivity contribution >= 4 is 27.7 Å². The van der Waals surface area contributed by atoms with Crippen LogP contribution in [0.4, 0.5) is 5.69 Å². The number of nitrogens with zero attached hydrogens (tertiary/aromatic N) is 1. The SMILES string of the molecule is C=CC(=O)N(c1ccccc1C=C)S(=O)(=O)c1ccc(C)cc1. The van der Waals surface area contributed by atoms with Gasteiger partial charge in [-0.3, -0.25) is 4.79 Å². The quantitative estimate of drug-likeness (QED) is 0.789. The van der Waals surface area contributed by atoms with Crippen LogP contribution in [-0.4, -0.2) is 14.3 Å². The van der Waals surface area contributed by atoms with E-state index < -0.39 is 15.9 Å². The van der Waals surface area contributed by atoms with Crippen molar-refractivity contribution in [3.8, 4) is 0 Å². The summed E-state index contributed by atoms with van der Waals surface area (Å²) in [5, 5.41) is 0. The first-order valence-electron chi connectivity index (χ1n) is 6.91. The Bertz CT molecular complexity index is 852. The first-order valence-corrected chi connectivity index (χ1v) is 8.35. The Labute approximate surface area is 136 Å². The minimum Gasteiger partial charge on any atom is -0.268 e. The van der Waals surface area contributed by atoms with Gasteiger partial charge >= 0.3 is 0 Å². The zero-order chi connectivity index (χ0) is 17.0. The van der Waals surface area contributed by atoms with Gasteiger partial charge in [-0.25, -0.2) is 8.42 Å². The summed E-state index contributed by atoms with van der Waals surface area (Å²) < 4.78 is 26.6. The van der Waals surface area contributed by atoms with E-state index >= 15 is 0 Å². The summed E-state index contributed by atoms with van der Waals surface area (Å²) in [6, 6.07) is 13.0. The highest BCUT2D eigenvalue weighted by Crippen LogP contribution is 2.28. The van der Waals surface area contributed by atoms with Crippen LogP contribution < -0.4 is 4.31 Å². The zero-order valence-corrected chi connectivity index (χ0v) is 13.6. The van der Waals surface area contributed by atoms with E-state index in [1.54, 1.807) is 36.4 Å². The van der Waals surface area contributed by atoms with Gasteiger partial charge in [0.25, 0.3) is 15.9 Å². The molecule has 5 heteroatoms. The van der Waals surface area contributed by atoms with Gasteiger partial charge in [0.1, 0.15) is 0 Å². The number of carbonyl (C=O) groups excluding carboxylic acids is 1. The summed E-state index contributed by atoms with van der Waals surface area (Å²) >= 11 is 0. The molecule has 0 spiro atoms. The smallest absolute Gasteiger partial charge is 0.268 e. The third-order valence-electron chi connectivity index (χ3n) is 3.31. The Hall–Kier alpha value is -2.66. The van der Waals surface area contributed by atoms with Gasteiger partial charge in [0, 0.05) is 0 Å². The molecule has 0 heterocycles. The van der Waals surface area contributed by atoms with Crippen LogP contribution in [0.2, 0.25) is 0 Å². The van der Waals surface area contributed by atoms with Crippen LogP contribution in [0, 0.1) is 6.92 Å². The molecule has 0 bridgehead atoms. The van der Waals surface area contributed by atoms with Crippen molar-refractivity contribution in [1.29, 1.82) is 0 Å². The van der Waals surface area contributed by atoms with Gasteiger partial charge in [0.15, 0.2) is 0 Å². The summed E-state index contributed by atoms with van der Waals surface area (Å²) in [7, 11) is -4.05. The topological polar surface area (TPSA) is 54.5 Å². The molecule has 0 aliphatic heterocycles. The van der Waals surface area contributed by atoms with Crippen LogP contribution in [0.15, 0.2) is 72.7 Å². The van der Waals surface area contributed by atoms with Crippen LogP contribution in [0.1, 0.15) is 11.1 Å². The van der Waals surface area contributed by atoms with Crippen LogP contribution in [0.25, 0.3) is 6.08 Å². The lowest BCUT2D eigenvalue weighted by molar-refractivity contribution is -0.113. The number of hydrogen-bond donors (Lipinski definition) is 0. The summed E-state index contributed by atoms with van der Waals surface area (Å²) in [4.78, 5) is 12.3. The van der Waals surface area contributed by atoms with Gasteiger partial charge in [-0.15, -0.1) is 0 Å². The molecule has 2 aromatic carbocycles. The fraction of sp³-hybridized carbons (Fsp3) is 0.0556. The predicted molar refractivity (Wildman–Crippen MR) is 92.6 cm³/mol. The number of para-hydroxylation sites is 1. The summed E-state index contributed by atoms with van der Waals surface area (Å²) in [6.07, 6.45) is 2.48. The van der Waals surface area contributed by atoms with E-state index in [1.165, 1.54) is 18.2 Å². The van der Waals surface area contributed by atoms with Crippen LogP contribution in [0.3, 0.4) is 0 Å². The maximum Gasteiger partial charge on any atom is 0.271 e. The fourth-order valence-electron chi connectivity index (χ4n) is 2.11. The Morgan fingerprint density at radius 2 is 1.65 bits per heavy atom. The molecule has 0 radical (unpaired) electrons. The van der Waals surface area contributed by atoms with Crippen LogP contribution in [-0.2, 0) is 14.8 Å². The minimum absolute atomic E-state index is 0.0390. The highest BCUT2D eigenvalue weighted by atomic mass is 32.2. The number of benzene rings is 2. The van der Waals surface area contributed by atoms with Crippen molar-refractivity contribution in [2.75, 3.05) is 4.31 Å². The van der Waals surface area contributed by atoms with Gasteiger partial charge in [-0.2, -0.15) is 4.31 Å². The lowest BCUT2D eigenvalue weighted by Gasteiger charge is -2.23. The largest absolute Gasteiger partial charge is 0.271 e. The molecule has 0 saturated heterocycles. The molecule has 4 nitrogen and oxygen atoms in total. The number of rotatable bonds is 5. The molecule has 0 unspecified atom stereocenters. The van der Waals surface area contributed by atoms with E-state index in [0.29, 0.717) is 5.56 Å². The van der Waals surface area contributed by atoms with Crippen molar-refractivity contribution in [1.82, 2.24) is 0 Å². The maximum absolute atomic E-state index is 12.9. The molecule has 0 aliphatic rings. The number of aryl methyl sites for hydroxylation is 1. The highest BCUT2D eigenvalue weighted by Gasteiger charge is 2.30. The number of carbonyl (C=O) groups is 1. The Morgan fingerprint density at radius 1 is 1.04 bits per heavy atom. The molecule has 0 saturated carbocycles. The minimum atomic E-state index is -4.05. The molecular formula is C18H17NO3S. The summed E-state index contributed by atoms with van der Waals surface area (Å²) in [5.74, 6) is -0.722. The lowest BCUT2D eigenvalue weighted by atomic mass is 10.2. The molecule has 1 amide bonds. The molecule has 0 aromatic heterocycles. The molecule has 0 N–H and O–H groups in total. The van der Waals surface area contributed by atoms with Gasteiger partial charge < -0.3 is 0 Å². The lowest BCUT2D eigenvalue weighted by Crippen LogP contribution is -2.36. The molecule has 23 heavy (non-hydrogen) atoms.